The van der Waals surface area contributed by atoms with Crippen LogP contribution in [0.3, 0.4) is 0 Å². The summed E-state index contributed by atoms with van der Waals surface area (Å²) in [5.74, 6) is 1.10. The van der Waals surface area contributed by atoms with Gasteiger partial charge in [-0.25, -0.2) is 0 Å². The summed E-state index contributed by atoms with van der Waals surface area (Å²) in [6.07, 6.45) is 0.875. The van der Waals surface area contributed by atoms with E-state index in [4.69, 9.17) is 11.5 Å². The maximum atomic E-state index is 12.3. The zero-order valence-corrected chi connectivity index (χ0v) is 11.2. The molecule has 1 amide bonds. The molecule has 0 unspecified atom stereocenters. The maximum Gasteiger partial charge on any atom is 0.240 e. The molecule has 5 heteroatoms. The molecular weight excluding hydrogens is 216 g/mol. The summed E-state index contributed by atoms with van der Waals surface area (Å²) < 4.78 is 0. The third-order valence-electron chi connectivity index (χ3n) is 3.40. The van der Waals surface area contributed by atoms with Gasteiger partial charge >= 0.3 is 0 Å². The largest absolute Gasteiger partial charge is 0.386 e. The Morgan fingerprint density at radius 2 is 2.06 bits per heavy atom. The molecule has 0 aliphatic carbocycles. The van der Waals surface area contributed by atoms with Gasteiger partial charge in [0, 0.05) is 13.6 Å². The lowest BCUT2D eigenvalue weighted by Crippen LogP contribution is -2.51. The number of likely N-dealkylation sites (tertiary alicyclic amines) is 1. The van der Waals surface area contributed by atoms with E-state index < -0.39 is 6.04 Å². The molecule has 0 radical (unpaired) electrons. The van der Waals surface area contributed by atoms with Crippen LogP contribution in [-0.2, 0) is 4.79 Å². The molecule has 3 atom stereocenters. The first kappa shape index (κ1) is 14.0. The fourth-order valence-corrected chi connectivity index (χ4v) is 2.20. The zero-order chi connectivity index (χ0) is 13.2. The van der Waals surface area contributed by atoms with Crippen molar-refractivity contribution >= 4 is 11.7 Å². The second-order valence-electron chi connectivity index (χ2n) is 5.27. The Labute approximate surface area is 103 Å². The van der Waals surface area contributed by atoms with Crippen molar-refractivity contribution in [2.45, 2.75) is 39.3 Å². The van der Waals surface area contributed by atoms with E-state index in [1.807, 2.05) is 13.8 Å². The van der Waals surface area contributed by atoms with Gasteiger partial charge in [0.1, 0.15) is 5.84 Å². The van der Waals surface area contributed by atoms with E-state index >= 15 is 0 Å². The van der Waals surface area contributed by atoms with Gasteiger partial charge in [-0.2, -0.15) is 0 Å². The fourth-order valence-electron chi connectivity index (χ4n) is 2.20. The van der Waals surface area contributed by atoms with Crippen molar-refractivity contribution in [2.24, 2.45) is 28.3 Å². The average Bonchev–Trinajstić information content (AvgIpc) is 2.68. The Balaban J connectivity index is 2.84. The van der Waals surface area contributed by atoms with Crippen LogP contribution in [0.1, 0.15) is 27.2 Å². The summed E-state index contributed by atoms with van der Waals surface area (Å²) in [6.45, 7) is 6.74. The Hall–Kier alpha value is -1.10. The van der Waals surface area contributed by atoms with Crippen molar-refractivity contribution in [3.05, 3.63) is 0 Å². The molecule has 98 valence electrons. The summed E-state index contributed by atoms with van der Waals surface area (Å²) in [4.78, 5) is 18.0. The zero-order valence-electron chi connectivity index (χ0n) is 11.2. The molecule has 17 heavy (non-hydrogen) atoms. The normalized spacial score (nSPS) is 27.6. The molecule has 1 fully saturated rings. The Morgan fingerprint density at radius 3 is 2.53 bits per heavy atom. The number of rotatable bonds is 3. The molecular formula is C12H24N4O. The van der Waals surface area contributed by atoms with Gasteiger partial charge in [-0.3, -0.25) is 9.79 Å². The number of nitrogens with two attached hydrogens (primary N) is 2. The number of amides is 1. The van der Waals surface area contributed by atoms with Gasteiger partial charge in [0.25, 0.3) is 0 Å². The molecule has 0 saturated carbocycles. The molecule has 0 aromatic rings. The first-order valence-corrected chi connectivity index (χ1v) is 6.16. The summed E-state index contributed by atoms with van der Waals surface area (Å²) in [5.41, 5.74) is 11.8. The van der Waals surface area contributed by atoms with Gasteiger partial charge < -0.3 is 16.4 Å². The molecule has 0 aromatic heterocycles. The van der Waals surface area contributed by atoms with Crippen molar-refractivity contribution in [2.75, 3.05) is 13.6 Å². The minimum absolute atomic E-state index is 0.0130. The highest BCUT2D eigenvalue weighted by Gasteiger charge is 2.37. The van der Waals surface area contributed by atoms with E-state index in [0.717, 1.165) is 13.0 Å². The summed E-state index contributed by atoms with van der Waals surface area (Å²) in [7, 11) is 1.66. The first-order chi connectivity index (χ1) is 7.88. The minimum atomic E-state index is -0.451. The highest BCUT2D eigenvalue weighted by atomic mass is 16.2. The third kappa shape index (κ3) is 2.97. The first-order valence-electron chi connectivity index (χ1n) is 6.16. The number of carbonyl (C=O) groups is 1. The van der Waals surface area contributed by atoms with Crippen LogP contribution in [0.25, 0.3) is 0 Å². The predicted octanol–water partition coefficient (Wildman–Crippen LogP) is 0.194. The Kier molecular flexibility index (Phi) is 4.51. The summed E-state index contributed by atoms with van der Waals surface area (Å²) in [5, 5.41) is 0. The van der Waals surface area contributed by atoms with Gasteiger partial charge in [0.05, 0.1) is 12.1 Å². The van der Waals surface area contributed by atoms with Crippen LogP contribution in [0.4, 0.5) is 0 Å². The Bertz CT molecular complexity index is 314. The van der Waals surface area contributed by atoms with E-state index in [2.05, 4.69) is 11.9 Å². The van der Waals surface area contributed by atoms with E-state index in [1.54, 1.807) is 11.9 Å². The smallest absolute Gasteiger partial charge is 0.240 e. The van der Waals surface area contributed by atoms with Crippen molar-refractivity contribution in [3.8, 4) is 0 Å². The minimum Gasteiger partial charge on any atom is -0.386 e. The lowest BCUT2D eigenvalue weighted by atomic mass is 10.0. The topological polar surface area (TPSA) is 84.7 Å². The highest BCUT2D eigenvalue weighted by Crippen LogP contribution is 2.24. The van der Waals surface area contributed by atoms with Crippen molar-refractivity contribution in [3.63, 3.8) is 0 Å². The van der Waals surface area contributed by atoms with Crippen LogP contribution in [0.15, 0.2) is 4.99 Å². The van der Waals surface area contributed by atoms with E-state index in [1.165, 1.54) is 0 Å². The van der Waals surface area contributed by atoms with Crippen molar-refractivity contribution in [1.29, 1.82) is 0 Å². The Morgan fingerprint density at radius 1 is 1.47 bits per heavy atom. The van der Waals surface area contributed by atoms with E-state index in [0.29, 0.717) is 11.8 Å². The number of nitrogens with zero attached hydrogens (tertiary/aromatic N) is 2. The number of carbonyl (C=O) groups excluding carboxylic acids is 1. The summed E-state index contributed by atoms with van der Waals surface area (Å²) >= 11 is 0. The lowest BCUT2D eigenvalue weighted by molar-refractivity contribution is -0.133. The van der Waals surface area contributed by atoms with Gasteiger partial charge in [-0.1, -0.05) is 20.8 Å². The van der Waals surface area contributed by atoms with Gasteiger partial charge in [-0.15, -0.1) is 0 Å². The second-order valence-corrected chi connectivity index (χ2v) is 5.27. The van der Waals surface area contributed by atoms with Crippen LogP contribution >= 0.6 is 0 Å². The van der Waals surface area contributed by atoms with Gasteiger partial charge in [-0.05, 0) is 18.3 Å². The number of aliphatic imine (C=N–C) groups is 1. The summed E-state index contributed by atoms with van der Waals surface area (Å²) in [6, 6.07) is -0.528. The van der Waals surface area contributed by atoms with Crippen LogP contribution in [0.2, 0.25) is 0 Å². The van der Waals surface area contributed by atoms with E-state index in [-0.39, 0.29) is 17.9 Å². The second kappa shape index (κ2) is 5.49. The predicted molar refractivity (Wildman–Crippen MR) is 69.6 cm³/mol. The number of hydrogen-bond donors (Lipinski definition) is 2. The van der Waals surface area contributed by atoms with Gasteiger partial charge in [0.2, 0.25) is 5.91 Å². The molecule has 0 spiro atoms. The average molecular weight is 240 g/mol. The SMILES string of the molecule is CN=C(N)[C@@H]1C[C@H](C)CN1C(=O)[C@@H](N)C(C)C. The third-order valence-corrected chi connectivity index (χ3v) is 3.40. The highest BCUT2D eigenvalue weighted by molar-refractivity contribution is 5.92. The van der Waals surface area contributed by atoms with Crippen molar-refractivity contribution < 1.29 is 4.79 Å². The maximum absolute atomic E-state index is 12.3. The standard InChI is InChI=1S/C12H24N4O/c1-7(2)10(13)12(17)16-6-8(3)5-9(16)11(14)15-4/h7-10H,5-6,13H2,1-4H3,(H2,14,15)/t8-,9-,10-/m0/s1. The van der Waals surface area contributed by atoms with E-state index in [9.17, 15) is 4.79 Å². The quantitative estimate of drug-likeness (QED) is 0.545. The molecule has 0 aromatic carbocycles. The molecule has 1 saturated heterocycles. The lowest BCUT2D eigenvalue weighted by Gasteiger charge is -2.28. The number of hydrogen-bond acceptors (Lipinski definition) is 3. The molecule has 1 aliphatic rings. The molecule has 1 aliphatic heterocycles. The molecule has 1 heterocycles. The van der Waals surface area contributed by atoms with Crippen LogP contribution in [-0.4, -0.2) is 42.3 Å². The van der Waals surface area contributed by atoms with Gasteiger partial charge in [0.15, 0.2) is 0 Å². The number of amidine groups is 1. The van der Waals surface area contributed by atoms with Crippen molar-refractivity contribution in [1.82, 2.24) is 4.90 Å². The fraction of sp³-hybridized carbons (Fsp3) is 0.833. The van der Waals surface area contributed by atoms with Crippen LogP contribution in [0, 0.1) is 11.8 Å². The van der Waals surface area contributed by atoms with Crippen LogP contribution in [0.5, 0.6) is 0 Å². The molecule has 5 nitrogen and oxygen atoms in total. The molecule has 1 rings (SSSR count). The van der Waals surface area contributed by atoms with Crippen LogP contribution < -0.4 is 11.5 Å². The monoisotopic (exact) mass is 240 g/mol. The molecule has 4 N–H and O–H groups in total. The molecule has 0 bridgehead atoms.